The first kappa shape index (κ1) is 19.1. The lowest BCUT2D eigenvalue weighted by atomic mass is 9.92. The number of carbonyl (C=O) groups is 1. The maximum atomic E-state index is 11.7. The summed E-state index contributed by atoms with van der Waals surface area (Å²) in [6, 6.07) is 28.7. The summed E-state index contributed by atoms with van der Waals surface area (Å²) < 4.78 is 0. The van der Waals surface area contributed by atoms with Crippen LogP contribution >= 0.6 is 11.6 Å². The van der Waals surface area contributed by atoms with Crippen LogP contribution in [-0.4, -0.2) is 11.3 Å². The molecule has 1 unspecified atom stereocenters. The number of aldehydes is 1. The molecule has 1 atom stereocenters. The fourth-order valence-electron chi connectivity index (χ4n) is 3.31. The average molecular weight is 397 g/mol. The van der Waals surface area contributed by atoms with Gasteiger partial charge in [0.05, 0.1) is 11.2 Å². The number of aromatic nitrogens is 1. The Morgan fingerprint density at radius 3 is 2.69 bits per heavy atom. The molecule has 0 saturated heterocycles. The molecule has 0 aliphatic heterocycles. The molecule has 0 aliphatic rings. The highest BCUT2D eigenvalue weighted by Crippen LogP contribution is 2.22. The fourth-order valence-corrected chi connectivity index (χ4v) is 3.48. The van der Waals surface area contributed by atoms with Crippen LogP contribution in [0.25, 0.3) is 23.1 Å². The second-order valence-electron chi connectivity index (χ2n) is 6.91. The van der Waals surface area contributed by atoms with Crippen molar-refractivity contribution in [1.82, 2.24) is 4.98 Å². The first-order valence-corrected chi connectivity index (χ1v) is 9.84. The van der Waals surface area contributed by atoms with Crippen molar-refractivity contribution in [2.75, 3.05) is 0 Å². The van der Waals surface area contributed by atoms with Gasteiger partial charge in [-0.1, -0.05) is 78.3 Å². The number of hydrogen-bond acceptors (Lipinski definition) is 2. The summed E-state index contributed by atoms with van der Waals surface area (Å²) >= 11 is 6.07. The quantitative estimate of drug-likeness (QED) is 0.354. The zero-order valence-electron chi connectivity index (χ0n) is 15.8. The van der Waals surface area contributed by atoms with E-state index < -0.39 is 0 Å². The number of rotatable bonds is 6. The van der Waals surface area contributed by atoms with Crippen molar-refractivity contribution in [3.05, 3.63) is 112 Å². The van der Waals surface area contributed by atoms with E-state index in [-0.39, 0.29) is 5.92 Å². The Bertz CT molecular complexity index is 1170. The van der Waals surface area contributed by atoms with Gasteiger partial charge in [0, 0.05) is 16.3 Å². The molecule has 4 rings (SSSR count). The van der Waals surface area contributed by atoms with Crippen molar-refractivity contribution < 1.29 is 4.79 Å². The second kappa shape index (κ2) is 8.85. The van der Waals surface area contributed by atoms with Crippen LogP contribution in [0.2, 0.25) is 5.02 Å². The van der Waals surface area contributed by atoms with Crippen LogP contribution in [-0.2, 0) is 11.2 Å². The van der Waals surface area contributed by atoms with Gasteiger partial charge in [0.1, 0.15) is 6.29 Å². The Morgan fingerprint density at radius 1 is 0.966 bits per heavy atom. The molecule has 0 N–H and O–H groups in total. The molecule has 0 aliphatic carbocycles. The van der Waals surface area contributed by atoms with Gasteiger partial charge in [-0.25, -0.2) is 4.98 Å². The summed E-state index contributed by atoms with van der Waals surface area (Å²) in [4.78, 5) is 16.3. The van der Waals surface area contributed by atoms with E-state index in [4.69, 9.17) is 11.6 Å². The third-order valence-corrected chi connectivity index (χ3v) is 5.07. The Labute approximate surface area is 175 Å². The standard InChI is InChI=1S/C26H19ClNO/c27-24-12-10-21-11-14-25(28-26(21)17-24)13-9-20-7-4-8-22(15-20)23(18-29)16-19-5-2-1-3-6-19/h1-5,7-15,17-18,23H,16H2. The summed E-state index contributed by atoms with van der Waals surface area (Å²) in [5.74, 6) is -0.192. The van der Waals surface area contributed by atoms with Crippen LogP contribution in [0.5, 0.6) is 0 Å². The van der Waals surface area contributed by atoms with E-state index in [1.165, 1.54) is 0 Å². The van der Waals surface area contributed by atoms with E-state index >= 15 is 0 Å². The van der Waals surface area contributed by atoms with Crippen LogP contribution in [0.15, 0.2) is 78.9 Å². The molecule has 0 bridgehead atoms. The van der Waals surface area contributed by atoms with Crippen molar-refractivity contribution in [2.45, 2.75) is 12.3 Å². The Kier molecular flexibility index (Phi) is 5.83. The van der Waals surface area contributed by atoms with Crippen molar-refractivity contribution in [3.8, 4) is 0 Å². The van der Waals surface area contributed by atoms with Crippen LogP contribution < -0.4 is 0 Å². The molecule has 2 nitrogen and oxygen atoms in total. The highest BCUT2D eigenvalue weighted by molar-refractivity contribution is 6.31. The SMILES string of the molecule is O=CC(Cc1[c]cccc1)c1cccc(C=Cc2ccc3ccc(Cl)cc3n2)c1. The molecule has 1 radical (unpaired) electrons. The van der Waals surface area contributed by atoms with Gasteiger partial charge in [0.25, 0.3) is 0 Å². The van der Waals surface area contributed by atoms with Crippen LogP contribution in [0.4, 0.5) is 0 Å². The number of fused-ring (bicyclic) bond motifs is 1. The maximum Gasteiger partial charge on any atom is 0.127 e. The molecule has 3 heteroatoms. The smallest absolute Gasteiger partial charge is 0.127 e. The minimum atomic E-state index is -0.192. The zero-order chi connectivity index (χ0) is 20.1. The van der Waals surface area contributed by atoms with E-state index in [9.17, 15) is 4.79 Å². The van der Waals surface area contributed by atoms with Gasteiger partial charge >= 0.3 is 0 Å². The molecule has 0 spiro atoms. The molecule has 4 aromatic rings. The molecule has 141 valence electrons. The number of benzene rings is 3. The lowest BCUT2D eigenvalue weighted by molar-refractivity contribution is -0.109. The van der Waals surface area contributed by atoms with Crippen LogP contribution in [0.1, 0.15) is 28.3 Å². The van der Waals surface area contributed by atoms with E-state index in [0.717, 1.165) is 39.6 Å². The highest BCUT2D eigenvalue weighted by Gasteiger charge is 2.11. The van der Waals surface area contributed by atoms with Gasteiger partial charge in [-0.2, -0.15) is 0 Å². The molecular weight excluding hydrogens is 378 g/mol. The topological polar surface area (TPSA) is 30.0 Å². The average Bonchev–Trinajstić information content (AvgIpc) is 2.76. The molecule has 1 aromatic heterocycles. The molecular formula is C26H19ClNO. The van der Waals surface area contributed by atoms with Gasteiger partial charge in [-0.15, -0.1) is 0 Å². The third kappa shape index (κ3) is 4.79. The van der Waals surface area contributed by atoms with Crippen molar-refractivity contribution in [1.29, 1.82) is 0 Å². The molecule has 0 saturated carbocycles. The third-order valence-electron chi connectivity index (χ3n) is 4.84. The molecule has 3 aromatic carbocycles. The highest BCUT2D eigenvalue weighted by atomic mass is 35.5. The Hall–Kier alpha value is -3.23. The molecule has 0 amide bonds. The lowest BCUT2D eigenvalue weighted by Gasteiger charge is -2.11. The summed E-state index contributed by atoms with van der Waals surface area (Å²) in [7, 11) is 0. The predicted molar refractivity (Wildman–Crippen MR) is 120 cm³/mol. The maximum absolute atomic E-state index is 11.7. The van der Waals surface area contributed by atoms with Gasteiger partial charge in [0.15, 0.2) is 0 Å². The summed E-state index contributed by atoms with van der Waals surface area (Å²) in [6.45, 7) is 0. The monoisotopic (exact) mass is 396 g/mol. The summed E-state index contributed by atoms with van der Waals surface area (Å²) in [5, 5.41) is 1.73. The minimum absolute atomic E-state index is 0.192. The largest absolute Gasteiger partial charge is 0.303 e. The minimum Gasteiger partial charge on any atom is -0.303 e. The summed E-state index contributed by atoms with van der Waals surface area (Å²) in [5.41, 5.74) is 4.78. The van der Waals surface area contributed by atoms with E-state index in [2.05, 4.69) is 17.1 Å². The van der Waals surface area contributed by atoms with Gasteiger partial charge < -0.3 is 4.79 Å². The Morgan fingerprint density at radius 2 is 1.86 bits per heavy atom. The number of hydrogen-bond donors (Lipinski definition) is 0. The van der Waals surface area contributed by atoms with Crippen LogP contribution in [0.3, 0.4) is 0 Å². The second-order valence-corrected chi connectivity index (χ2v) is 7.35. The number of nitrogens with zero attached hydrogens (tertiary/aromatic N) is 1. The zero-order valence-corrected chi connectivity index (χ0v) is 16.5. The van der Waals surface area contributed by atoms with E-state index in [1.54, 1.807) is 0 Å². The van der Waals surface area contributed by atoms with Crippen molar-refractivity contribution in [3.63, 3.8) is 0 Å². The summed E-state index contributed by atoms with van der Waals surface area (Å²) in [6.07, 6.45) is 5.64. The Balaban J connectivity index is 1.56. The molecule has 1 heterocycles. The normalized spacial score (nSPS) is 12.3. The number of carbonyl (C=O) groups excluding carboxylic acids is 1. The van der Waals surface area contributed by atoms with Gasteiger partial charge in [-0.05, 0) is 53.5 Å². The van der Waals surface area contributed by atoms with E-state index in [1.807, 2.05) is 84.9 Å². The first-order valence-electron chi connectivity index (χ1n) is 9.46. The fraction of sp³-hybridized carbons (Fsp3) is 0.0769. The first-order chi connectivity index (χ1) is 14.2. The predicted octanol–water partition coefficient (Wildman–Crippen LogP) is 6.38. The van der Waals surface area contributed by atoms with E-state index in [0.29, 0.717) is 11.4 Å². The molecule has 0 fully saturated rings. The van der Waals surface area contributed by atoms with Gasteiger partial charge in [0.2, 0.25) is 0 Å². The van der Waals surface area contributed by atoms with Crippen LogP contribution in [0, 0.1) is 6.07 Å². The van der Waals surface area contributed by atoms with Crippen molar-refractivity contribution >= 4 is 40.9 Å². The van der Waals surface area contributed by atoms with Gasteiger partial charge in [-0.3, -0.25) is 0 Å². The molecule has 29 heavy (non-hydrogen) atoms. The number of halogens is 1. The number of pyridine rings is 1. The lowest BCUT2D eigenvalue weighted by Crippen LogP contribution is -2.04. The van der Waals surface area contributed by atoms with Crippen molar-refractivity contribution in [2.24, 2.45) is 0 Å².